The molecular formula is C6H4BrClF2N2O2S. The fourth-order valence-electron chi connectivity index (χ4n) is 0.942. The molecule has 1 rings (SSSR count). The summed E-state index contributed by atoms with van der Waals surface area (Å²) in [5.41, 5.74) is -0.895. The number of rotatable bonds is 2. The summed E-state index contributed by atoms with van der Waals surface area (Å²) in [4.78, 5) is 2.65. The molecule has 0 amide bonds. The number of primary sulfonamides is 1. The Morgan fingerprint density at radius 2 is 2.07 bits per heavy atom. The van der Waals surface area contributed by atoms with Crippen molar-refractivity contribution < 1.29 is 17.2 Å². The van der Waals surface area contributed by atoms with Crippen LogP contribution in [0.25, 0.3) is 0 Å². The number of halogens is 4. The van der Waals surface area contributed by atoms with E-state index >= 15 is 0 Å². The van der Waals surface area contributed by atoms with Crippen molar-refractivity contribution in [1.29, 1.82) is 0 Å². The van der Waals surface area contributed by atoms with E-state index in [9.17, 15) is 17.2 Å². The van der Waals surface area contributed by atoms with Gasteiger partial charge in [0.1, 0.15) is 10.0 Å². The molecule has 84 valence electrons. The normalized spacial score (nSPS) is 12.1. The molecule has 4 nitrogen and oxygen atoms in total. The zero-order valence-electron chi connectivity index (χ0n) is 6.92. The summed E-state index contributed by atoms with van der Waals surface area (Å²) >= 11 is 8.14. The zero-order chi connectivity index (χ0) is 11.8. The molecule has 0 radical (unpaired) electrons. The summed E-state index contributed by atoms with van der Waals surface area (Å²) in [6.07, 6.45) is -2.08. The van der Waals surface area contributed by atoms with Crippen LogP contribution in [0.2, 0.25) is 5.15 Å². The molecule has 0 atom stereocenters. The molecule has 1 aromatic heterocycles. The van der Waals surface area contributed by atoms with Gasteiger partial charge in [0, 0.05) is 6.20 Å². The molecule has 0 aliphatic carbocycles. The molecule has 1 aromatic rings. The van der Waals surface area contributed by atoms with Crippen LogP contribution in [0.5, 0.6) is 0 Å². The monoisotopic (exact) mass is 320 g/mol. The van der Waals surface area contributed by atoms with Gasteiger partial charge in [-0.15, -0.1) is 0 Å². The molecule has 1 heterocycles. The van der Waals surface area contributed by atoms with Crippen LogP contribution < -0.4 is 5.14 Å². The Kier molecular flexibility index (Phi) is 3.64. The first-order valence-electron chi connectivity index (χ1n) is 3.40. The van der Waals surface area contributed by atoms with Crippen LogP contribution in [0, 0.1) is 0 Å². The molecule has 0 spiro atoms. The third kappa shape index (κ3) is 2.63. The second-order valence-electron chi connectivity index (χ2n) is 2.49. The van der Waals surface area contributed by atoms with Crippen LogP contribution in [0.3, 0.4) is 0 Å². The lowest BCUT2D eigenvalue weighted by Crippen LogP contribution is -2.16. The molecule has 0 saturated carbocycles. The average molecular weight is 322 g/mol. The lowest BCUT2D eigenvalue weighted by atomic mass is 10.3. The van der Waals surface area contributed by atoms with E-state index in [0.29, 0.717) is 0 Å². The molecule has 0 fully saturated rings. The van der Waals surface area contributed by atoms with Crippen molar-refractivity contribution in [3.05, 3.63) is 21.4 Å². The maximum absolute atomic E-state index is 12.5. The molecule has 15 heavy (non-hydrogen) atoms. The van der Waals surface area contributed by atoms with Crippen molar-refractivity contribution in [2.45, 2.75) is 11.3 Å². The van der Waals surface area contributed by atoms with E-state index in [-0.39, 0.29) is 4.47 Å². The van der Waals surface area contributed by atoms with E-state index in [1.165, 1.54) is 0 Å². The Morgan fingerprint density at radius 3 is 2.40 bits per heavy atom. The van der Waals surface area contributed by atoms with Gasteiger partial charge in [-0.25, -0.2) is 27.3 Å². The molecule has 2 N–H and O–H groups in total. The third-order valence-electron chi connectivity index (χ3n) is 1.48. The highest BCUT2D eigenvalue weighted by atomic mass is 79.9. The average Bonchev–Trinajstić information content (AvgIpc) is 2.05. The van der Waals surface area contributed by atoms with Gasteiger partial charge in [0.05, 0.1) is 10.0 Å². The second kappa shape index (κ2) is 4.28. The first-order chi connectivity index (χ1) is 6.75. The fraction of sp³-hybridized carbons (Fsp3) is 0.167. The maximum atomic E-state index is 12.5. The SMILES string of the molecule is NS(=O)(=O)c1c(Br)cnc(Cl)c1C(F)F. The molecule has 0 aromatic carbocycles. The zero-order valence-corrected chi connectivity index (χ0v) is 10.1. The van der Waals surface area contributed by atoms with Gasteiger partial charge in [0.25, 0.3) is 6.43 Å². The summed E-state index contributed by atoms with van der Waals surface area (Å²) in [6.45, 7) is 0. The number of hydrogen-bond acceptors (Lipinski definition) is 3. The van der Waals surface area contributed by atoms with Crippen LogP contribution in [0.15, 0.2) is 15.6 Å². The van der Waals surface area contributed by atoms with Crippen molar-refractivity contribution in [1.82, 2.24) is 4.98 Å². The first-order valence-corrected chi connectivity index (χ1v) is 6.11. The standard InChI is InChI=1S/C6H4BrClF2N2O2S/c7-2-1-12-5(8)3(6(9)10)4(2)15(11,13)14/h1,6H,(H2,11,13,14). The highest BCUT2D eigenvalue weighted by molar-refractivity contribution is 9.10. The third-order valence-corrected chi connectivity index (χ3v) is 3.65. The Bertz CT molecular complexity index is 494. The predicted octanol–water partition coefficient (Wildman–Crippen LogP) is 2.08. The van der Waals surface area contributed by atoms with E-state index in [4.69, 9.17) is 16.7 Å². The number of aromatic nitrogens is 1. The minimum absolute atomic E-state index is 0.148. The topological polar surface area (TPSA) is 73.1 Å². The lowest BCUT2D eigenvalue weighted by molar-refractivity contribution is 0.147. The molecular weight excluding hydrogens is 317 g/mol. The van der Waals surface area contributed by atoms with Gasteiger partial charge in [-0.1, -0.05) is 11.6 Å². The summed E-state index contributed by atoms with van der Waals surface area (Å²) in [6, 6.07) is 0. The summed E-state index contributed by atoms with van der Waals surface area (Å²) in [5, 5.41) is 4.20. The van der Waals surface area contributed by atoms with E-state index < -0.39 is 32.1 Å². The Balaban J connectivity index is 3.68. The number of nitrogens with two attached hydrogens (primary N) is 1. The molecule has 0 aliphatic rings. The second-order valence-corrected chi connectivity index (χ2v) is 5.20. The van der Waals surface area contributed by atoms with Crippen molar-refractivity contribution in [3.63, 3.8) is 0 Å². The Labute approximate surface area is 97.6 Å². The van der Waals surface area contributed by atoms with Crippen molar-refractivity contribution in [2.24, 2.45) is 5.14 Å². The van der Waals surface area contributed by atoms with Crippen molar-refractivity contribution in [2.75, 3.05) is 0 Å². The molecule has 9 heteroatoms. The Morgan fingerprint density at radius 1 is 1.53 bits per heavy atom. The minimum Gasteiger partial charge on any atom is -0.243 e. The van der Waals surface area contributed by atoms with E-state index in [2.05, 4.69) is 20.9 Å². The Hall–Kier alpha value is -0.310. The minimum atomic E-state index is -4.28. The summed E-state index contributed by atoms with van der Waals surface area (Å²) in [5.74, 6) is 0. The number of sulfonamides is 1. The summed E-state index contributed by atoms with van der Waals surface area (Å²) in [7, 11) is -4.28. The number of pyridine rings is 1. The highest BCUT2D eigenvalue weighted by Gasteiger charge is 2.27. The number of hydrogen-bond donors (Lipinski definition) is 1. The van der Waals surface area contributed by atoms with Gasteiger partial charge < -0.3 is 0 Å². The van der Waals surface area contributed by atoms with Gasteiger partial charge >= 0.3 is 0 Å². The molecule has 0 aliphatic heterocycles. The molecule has 0 unspecified atom stereocenters. The van der Waals surface area contributed by atoms with E-state index in [1.54, 1.807) is 0 Å². The number of nitrogens with zero attached hydrogens (tertiary/aromatic N) is 1. The van der Waals surface area contributed by atoms with E-state index in [0.717, 1.165) is 6.20 Å². The van der Waals surface area contributed by atoms with Gasteiger partial charge in [0.2, 0.25) is 10.0 Å². The van der Waals surface area contributed by atoms with Crippen molar-refractivity contribution >= 4 is 37.6 Å². The van der Waals surface area contributed by atoms with E-state index in [1.807, 2.05) is 0 Å². The van der Waals surface area contributed by atoms with Crippen LogP contribution in [0.1, 0.15) is 12.0 Å². The summed E-state index contributed by atoms with van der Waals surface area (Å²) < 4.78 is 47.0. The smallest absolute Gasteiger partial charge is 0.243 e. The van der Waals surface area contributed by atoms with Crippen molar-refractivity contribution in [3.8, 4) is 0 Å². The first kappa shape index (κ1) is 12.8. The fourth-order valence-corrected chi connectivity index (χ4v) is 3.03. The lowest BCUT2D eigenvalue weighted by Gasteiger charge is -2.09. The quantitative estimate of drug-likeness (QED) is 0.848. The van der Waals surface area contributed by atoms with Crippen LogP contribution in [-0.4, -0.2) is 13.4 Å². The van der Waals surface area contributed by atoms with Crippen LogP contribution >= 0.6 is 27.5 Å². The molecule has 0 bridgehead atoms. The predicted molar refractivity (Wildman–Crippen MR) is 53.3 cm³/mol. The maximum Gasteiger partial charge on any atom is 0.268 e. The van der Waals surface area contributed by atoms with Gasteiger partial charge in [-0.2, -0.15) is 0 Å². The largest absolute Gasteiger partial charge is 0.268 e. The number of alkyl halides is 2. The van der Waals surface area contributed by atoms with Crippen LogP contribution in [0.4, 0.5) is 8.78 Å². The van der Waals surface area contributed by atoms with Gasteiger partial charge in [-0.3, -0.25) is 0 Å². The molecule has 0 saturated heterocycles. The van der Waals surface area contributed by atoms with Gasteiger partial charge in [-0.05, 0) is 15.9 Å². The van der Waals surface area contributed by atoms with Gasteiger partial charge in [0.15, 0.2) is 0 Å². The highest BCUT2D eigenvalue weighted by Crippen LogP contribution is 2.35. The van der Waals surface area contributed by atoms with Crippen LogP contribution in [-0.2, 0) is 10.0 Å².